The van der Waals surface area contributed by atoms with Gasteiger partial charge in [0.05, 0.1) is 28.8 Å². The Hall–Kier alpha value is -3.75. The van der Waals surface area contributed by atoms with E-state index in [1.807, 2.05) is 37.3 Å². The van der Waals surface area contributed by atoms with Crippen LogP contribution >= 0.6 is 23.1 Å². The van der Waals surface area contributed by atoms with Crippen LogP contribution in [0.5, 0.6) is 0 Å². The van der Waals surface area contributed by atoms with E-state index in [9.17, 15) is 9.59 Å². The van der Waals surface area contributed by atoms with Crippen LogP contribution in [0.2, 0.25) is 5.02 Å². The van der Waals surface area contributed by atoms with E-state index in [2.05, 4.69) is 9.69 Å². The number of aromatic nitrogens is 1. The largest absolute Gasteiger partial charge is 0.468 e. The van der Waals surface area contributed by atoms with Gasteiger partial charge in [-0.05, 0) is 80.0 Å². The highest BCUT2D eigenvalue weighted by Crippen LogP contribution is 2.49. The van der Waals surface area contributed by atoms with Crippen molar-refractivity contribution >= 4 is 40.9 Å². The van der Waals surface area contributed by atoms with Gasteiger partial charge in [0.15, 0.2) is 0 Å². The molecule has 0 saturated heterocycles. The normalized spacial score (nSPS) is 14.3. The lowest BCUT2D eigenvalue weighted by atomic mass is 9.92. The molecular weight excluding hydrogens is 551 g/mol. The second-order valence-electron chi connectivity index (χ2n) is 9.96. The molecule has 0 spiro atoms. The van der Waals surface area contributed by atoms with Crippen LogP contribution in [0, 0.1) is 19.7 Å². The van der Waals surface area contributed by atoms with Crippen molar-refractivity contribution in [3.8, 4) is 21.6 Å². The van der Waals surface area contributed by atoms with E-state index in [-0.39, 0.29) is 5.97 Å². The molecule has 0 aliphatic heterocycles. The number of carbonyl (C=O) groups is 2. The van der Waals surface area contributed by atoms with Crippen LogP contribution in [0.1, 0.15) is 48.3 Å². The van der Waals surface area contributed by atoms with Crippen LogP contribution in [0.3, 0.4) is 0 Å². The van der Waals surface area contributed by atoms with Crippen molar-refractivity contribution in [2.45, 2.75) is 45.1 Å². The maximum absolute atomic E-state index is 15.5. The summed E-state index contributed by atoms with van der Waals surface area (Å²) in [5, 5.41) is 3.30. The topological polar surface area (TPSA) is 77.5 Å². The summed E-state index contributed by atoms with van der Waals surface area (Å²) in [6.45, 7) is 5.40. The average molecular weight is 579 g/mol. The lowest BCUT2D eigenvalue weighted by Crippen LogP contribution is -2.21. The fourth-order valence-corrected chi connectivity index (χ4v) is 6.13. The molecule has 0 radical (unpaired) electrons. The molecule has 1 N–H and O–H groups in total. The Morgan fingerprint density at radius 3 is 2.42 bits per heavy atom. The van der Waals surface area contributed by atoms with Gasteiger partial charge in [0.1, 0.15) is 11.9 Å². The zero-order chi connectivity index (χ0) is 28.6. The third kappa shape index (κ3) is 5.21. The zero-order valence-corrected chi connectivity index (χ0v) is 24.1. The number of ether oxygens (including phenoxy) is 2. The molecule has 6 nitrogen and oxygen atoms in total. The number of hydrogen-bond acceptors (Lipinski definition) is 6. The minimum Gasteiger partial charge on any atom is -0.468 e. The van der Waals surface area contributed by atoms with Gasteiger partial charge in [-0.1, -0.05) is 54.1 Å². The molecular formula is C31H28ClFN2O4S. The van der Waals surface area contributed by atoms with Gasteiger partial charge in [-0.15, -0.1) is 0 Å². The number of benzene rings is 3. The van der Waals surface area contributed by atoms with Gasteiger partial charge >= 0.3 is 12.1 Å². The minimum absolute atomic E-state index is 0.238. The number of amides is 1. The number of halogens is 2. The minimum atomic E-state index is -0.660. The second-order valence-corrected chi connectivity index (χ2v) is 11.1. The number of anilines is 1. The van der Waals surface area contributed by atoms with Crippen molar-refractivity contribution in [3.05, 3.63) is 93.9 Å². The van der Waals surface area contributed by atoms with Gasteiger partial charge in [0.2, 0.25) is 0 Å². The molecule has 1 amide bonds. The van der Waals surface area contributed by atoms with Crippen LogP contribution in [0.25, 0.3) is 21.6 Å². The summed E-state index contributed by atoms with van der Waals surface area (Å²) in [6.07, 6.45) is 0.264. The summed E-state index contributed by atoms with van der Waals surface area (Å²) in [4.78, 5) is 25.6. The highest BCUT2D eigenvalue weighted by atomic mass is 35.5. The Morgan fingerprint density at radius 2 is 1.77 bits per heavy atom. The lowest BCUT2D eigenvalue weighted by molar-refractivity contribution is -0.143. The van der Waals surface area contributed by atoms with Crippen LogP contribution in [-0.2, 0) is 19.7 Å². The van der Waals surface area contributed by atoms with E-state index >= 15 is 4.39 Å². The van der Waals surface area contributed by atoms with E-state index in [4.69, 9.17) is 21.1 Å². The average Bonchev–Trinajstić information content (AvgIpc) is 3.68. The quantitative estimate of drug-likeness (QED) is 0.223. The number of hydrogen-bond donors (Lipinski definition) is 1. The first-order valence-electron chi connectivity index (χ1n) is 12.8. The van der Waals surface area contributed by atoms with Crippen LogP contribution in [0.15, 0.2) is 60.7 Å². The molecule has 1 unspecified atom stereocenters. The van der Waals surface area contributed by atoms with Crippen molar-refractivity contribution in [3.63, 3.8) is 0 Å². The second kappa shape index (κ2) is 11.0. The Morgan fingerprint density at radius 1 is 1.07 bits per heavy atom. The van der Waals surface area contributed by atoms with E-state index < -0.39 is 23.4 Å². The molecule has 1 heterocycles. The highest BCUT2D eigenvalue weighted by molar-refractivity contribution is 7.10. The molecule has 5 rings (SSSR count). The van der Waals surface area contributed by atoms with E-state index in [0.717, 1.165) is 24.0 Å². The molecule has 206 valence electrons. The molecule has 0 bridgehead atoms. The number of nitrogens with zero attached hydrogens (tertiary/aromatic N) is 1. The molecule has 1 aliphatic carbocycles. The van der Waals surface area contributed by atoms with Crippen molar-refractivity contribution in [1.82, 2.24) is 4.37 Å². The Balaban J connectivity index is 1.38. The van der Waals surface area contributed by atoms with Gasteiger partial charge in [0.25, 0.3) is 0 Å². The SMILES string of the molecule is COC(=O)C1(c2ccc(-c3cc(C)c(-c4snc(C)c4NC(=O)OC(C)c4ccccc4Cl)cc3F)cc2)CC1. The van der Waals surface area contributed by atoms with E-state index in [0.29, 0.717) is 43.5 Å². The Kier molecular flexibility index (Phi) is 7.66. The lowest BCUT2D eigenvalue weighted by Gasteiger charge is -2.16. The van der Waals surface area contributed by atoms with Gasteiger partial charge in [0, 0.05) is 21.7 Å². The number of carbonyl (C=O) groups excluding carboxylic acids is 2. The molecule has 1 saturated carbocycles. The summed E-state index contributed by atoms with van der Waals surface area (Å²) in [5.41, 5.74) is 4.65. The number of methoxy groups -OCH3 is 1. The first-order chi connectivity index (χ1) is 19.1. The molecule has 1 atom stereocenters. The highest BCUT2D eigenvalue weighted by Gasteiger charge is 2.52. The van der Waals surface area contributed by atoms with Crippen LogP contribution in [0.4, 0.5) is 14.9 Å². The molecule has 9 heteroatoms. The standard InChI is InChI=1S/C31H28ClFN2O4S/c1-17-15-24(20-9-11-21(12-10-20)31(13-14-31)29(36)38-4)26(33)16-23(17)28-27(18(2)35-40-28)34-30(37)39-19(3)22-7-5-6-8-25(22)32/h5-12,15-16,19H,13-14H2,1-4H3,(H,34,37). The van der Waals surface area contributed by atoms with Crippen molar-refractivity contribution in [1.29, 1.82) is 0 Å². The van der Waals surface area contributed by atoms with Crippen molar-refractivity contribution in [2.24, 2.45) is 0 Å². The van der Waals surface area contributed by atoms with Crippen LogP contribution in [-0.4, -0.2) is 23.5 Å². The predicted octanol–water partition coefficient (Wildman–Crippen LogP) is 8.40. The van der Waals surface area contributed by atoms with E-state index in [1.165, 1.54) is 24.7 Å². The Labute approximate surface area is 241 Å². The third-order valence-electron chi connectivity index (χ3n) is 7.35. The smallest absolute Gasteiger partial charge is 0.412 e. The summed E-state index contributed by atoms with van der Waals surface area (Å²) in [6, 6.07) is 17.8. The fraction of sp³-hybridized carbons (Fsp3) is 0.258. The summed E-state index contributed by atoms with van der Waals surface area (Å²) in [5.74, 6) is -0.646. The molecule has 1 fully saturated rings. The predicted molar refractivity (Wildman–Crippen MR) is 155 cm³/mol. The van der Waals surface area contributed by atoms with E-state index in [1.54, 1.807) is 38.1 Å². The molecule has 1 aromatic heterocycles. The summed E-state index contributed by atoms with van der Waals surface area (Å²) >= 11 is 7.42. The van der Waals surface area contributed by atoms with Crippen molar-refractivity contribution in [2.75, 3.05) is 12.4 Å². The van der Waals surface area contributed by atoms with Gasteiger partial charge in [-0.3, -0.25) is 10.1 Å². The molecule has 3 aromatic carbocycles. The van der Waals surface area contributed by atoms with Crippen molar-refractivity contribution < 1.29 is 23.5 Å². The molecule has 40 heavy (non-hydrogen) atoms. The van der Waals surface area contributed by atoms with Gasteiger partial charge in [-0.2, -0.15) is 4.37 Å². The number of esters is 1. The zero-order valence-electron chi connectivity index (χ0n) is 22.5. The maximum Gasteiger partial charge on any atom is 0.412 e. The summed E-state index contributed by atoms with van der Waals surface area (Å²) < 4.78 is 30.5. The van der Waals surface area contributed by atoms with Crippen LogP contribution < -0.4 is 5.32 Å². The van der Waals surface area contributed by atoms with Gasteiger partial charge < -0.3 is 9.47 Å². The first kappa shape index (κ1) is 27.8. The first-order valence-corrected chi connectivity index (χ1v) is 14.0. The third-order valence-corrected chi connectivity index (χ3v) is 8.67. The maximum atomic E-state index is 15.5. The molecule has 4 aromatic rings. The Bertz CT molecular complexity index is 1600. The fourth-order valence-electron chi connectivity index (χ4n) is 4.91. The number of aryl methyl sites for hydroxylation is 2. The number of nitrogens with one attached hydrogen (secondary N) is 1. The monoisotopic (exact) mass is 578 g/mol. The molecule has 1 aliphatic rings. The van der Waals surface area contributed by atoms with Gasteiger partial charge in [-0.25, -0.2) is 9.18 Å². The summed E-state index contributed by atoms with van der Waals surface area (Å²) in [7, 11) is 1.40. The number of rotatable bonds is 7.